The number of benzene rings is 3. The minimum Gasteiger partial charge on any atom is -0.381 e. The lowest BCUT2D eigenvalue weighted by atomic mass is 10.2. The maximum Gasteiger partial charge on any atom is 0.262 e. The first-order valence-electron chi connectivity index (χ1n) is 11.0. The minimum absolute atomic E-state index is 0.226. The molecule has 2 N–H and O–H groups in total. The average Bonchev–Trinajstić information content (AvgIpc) is 2.80. The van der Waals surface area contributed by atoms with E-state index in [9.17, 15) is 13.2 Å². The number of rotatable bonds is 11. The van der Waals surface area contributed by atoms with Crippen LogP contribution < -0.4 is 10.0 Å². The minimum atomic E-state index is -3.76. The van der Waals surface area contributed by atoms with Crippen LogP contribution in [0.1, 0.15) is 33.5 Å². The normalized spacial score (nSPS) is 11.2. The fraction of sp³-hybridized carbons (Fsp3) is 0.269. The van der Waals surface area contributed by atoms with Crippen LogP contribution in [0.3, 0.4) is 0 Å². The number of amides is 1. The Labute approximate surface area is 196 Å². The smallest absolute Gasteiger partial charge is 0.262 e. The van der Waals surface area contributed by atoms with E-state index < -0.39 is 10.0 Å². The molecule has 0 fully saturated rings. The van der Waals surface area contributed by atoms with Crippen LogP contribution in [0.2, 0.25) is 0 Å². The molecule has 33 heavy (non-hydrogen) atoms. The van der Waals surface area contributed by atoms with Gasteiger partial charge >= 0.3 is 0 Å². The summed E-state index contributed by atoms with van der Waals surface area (Å²) in [6.07, 6.45) is 1.55. The number of nitrogens with one attached hydrogen (secondary N) is 2. The van der Waals surface area contributed by atoms with Gasteiger partial charge < -0.3 is 10.1 Å². The van der Waals surface area contributed by atoms with E-state index in [1.54, 1.807) is 37.3 Å². The van der Waals surface area contributed by atoms with Crippen molar-refractivity contribution in [3.63, 3.8) is 0 Å². The Hall–Kier alpha value is -3.16. The molecule has 3 aromatic carbocycles. The van der Waals surface area contributed by atoms with E-state index in [2.05, 4.69) is 22.2 Å². The number of carbonyl (C=O) groups is 1. The maximum atomic E-state index is 12.8. The molecule has 0 aliphatic carbocycles. The van der Waals surface area contributed by atoms with Gasteiger partial charge in [-0.1, -0.05) is 48.5 Å². The lowest BCUT2D eigenvalue weighted by Gasteiger charge is -2.12. The standard InChI is InChI=1S/C26H30N2O4S/c1-20-12-13-21(2)25(18-20)33(30,31)28-24-11-6-10-23(19-24)26(29)27-15-7-16-32-17-14-22-8-4-3-5-9-22/h3-6,8-13,18-19,28H,7,14-17H2,1-2H3,(H,27,29). The summed E-state index contributed by atoms with van der Waals surface area (Å²) in [5, 5.41) is 2.85. The molecule has 3 aromatic rings. The first-order chi connectivity index (χ1) is 15.8. The number of sulfonamides is 1. The van der Waals surface area contributed by atoms with Crippen LogP contribution in [0.15, 0.2) is 77.7 Å². The van der Waals surface area contributed by atoms with Gasteiger partial charge in [-0.2, -0.15) is 0 Å². The third kappa shape index (κ3) is 7.44. The summed E-state index contributed by atoms with van der Waals surface area (Å²) in [4.78, 5) is 12.7. The molecule has 0 spiro atoms. The molecule has 1 amide bonds. The number of ether oxygens (including phenoxy) is 1. The van der Waals surface area contributed by atoms with Gasteiger partial charge in [0.25, 0.3) is 15.9 Å². The van der Waals surface area contributed by atoms with Gasteiger partial charge in [0.15, 0.2) is 0 Å². The molecule has 0 bridgehead atoms. The zero-order chi connectivity index (χ0) is 23.7. The van der Waals surface area contributed by atoms with E-state index in [-0.39, 0.29) is 10.8 Å². The molecular formula is C26H30N2O4S. The van der Waals surface area contributed by atoms with Gasteiger partial charge in [-0.05, 0) is 67.6 Å². The second kappa shape index (κ2) is 11.6. The first kappa shape index (κ1) is 24.5. The van der Waals surface area contributed by atoms with Gasteiger partial charge in [0.05, 0.1) is 11.5 Å². The molecule has 0 aromatic heterocycles. The number of hydrogen-bond donors (Lipinski definition) is 2. The molecule has 0 aliphatic rings. The van der Waals surface area contributed by atoms with Crippen LogP contribution in [-0.2, 0) is 21.2 Å². The summed E-state index contributed by atoms with van der Waals surface area (Å²) in [5.74, 6) is -0.257. The summed E-state index contributed by atoms with van der Waals surface area (Å²) in [7, 11) is -3.76. The molecule has 0 saturated heterocycles. The molecule has 0 saturated carbocycles. The maximum absolute atomic E-state index is 12.8. The van der Waals surface area contributed by atoms with Crippen LogP contribution in [0.25, 0.3) is 0 Å². The van der Waals surface area contributed by atoms with E-state index >= 15 is 0 Å². The van der Waals surface area contributed by atoms with Crippen LogP contribution in [0.4, 0.5) is 5.69 Å². The molecule has 6 nitrogen and oxygen atoms in total. The second-order valence-electron chi connectivity index (χ2n) is 7.91. The Morgan fingerprint density at radius 1 is 0.909 bits per heavy atom. The highest BCUT2D eigenvalue weighted by Crippen LogP contribution is 2.21. The van der Waals surface area contributed by atoms with Crippen molar-refractivity contribution in [1.82, 2.24) is 5.32 Å². The predicted octanol–water partition coefficient (Wildman–Crippen LogP) is 4.48. The molecule has 0 aliphatic heterocycles. The lowest BCUT2D eigenvalue weighted by Crippen LogP contribution is -2.25. The number of carbonyl (C=O) groups excluding carboxylic acids is 1. The van der Waals surface area contributed by atoms with Crippen molar-refractivity contribution in [2.45, 2.75) is 31.6 Å². The first-order valence-corrected chi connectivity index (χ1v) is 12.4. The van der Waals surface area contributed by atoms with Crippen molar-refractivity contribution in [3.05, 3.63) is 95.1 Å². The third-order valence-electron chi connectivity index (χ3n) is 5.14. The van der Waals surface area contributed by atoms with Crippen LogP contribution >= 0.6 is 0 Å². The van der Waals surface area contributed by atoms with Crippen LogP contribution in [0, 0.1) is 13.8 Å². The predicted molar refractivity (Wildman–Crippen MR) is 131 cm³/mol. The molecule has 0 radical (unpaired) electrons. The summed E-state index contributed by atoms with van der Waals surface area (Å²) in [6.45, 7) is 5.27. The van der Waals surface area contributed by atoms with Gasteiger partial charge in [0.2, 0.25) is 0 Å². The van der Waals surface area contributed by atoms with Crippen molar-refractivity contribution < 1.29 is 17.9 Å². The summed E-state index contributed by atoms with van der Waals surface area (Å²) < 4.78 is 33.8. The Balaban J connectivity index is 1.46. The number of hydrogen-bond acceptors (Lipinski definition) is 4. The van der Waals surface area contributed by atoms with Crippen LogP contribution in [-0.4, -0.2) is 34.1 Å². The van der Waals surface area contributed by atoms with Crippen molar-refractivity contribution in [1.29, 1.82) is 0 Å². The highest BCUT2D eigenvalue weighted by Gasteiger charge is 2.18. The summed E-state index contributed by atoms with van der Waals surface area (Å²) in [5.41, 5.74) is 3.49. The van der Waals surface area contributed by atoms with Gasteiger partial charge in [-0.25, -0.2) is 8.42 Å². The SMILES string of the molecule is Cc1ccc(C)c(S(=O)(=O)Nc2cccc(C(=O)NCCCOCCc3ccccc3)c2)c1. The van der Waals surface area contributed by atoms with E-state index in [4.69, 9.17) is 4.74 Å². The van der Waals surface area contributed by atoms with Gasteiger partial charge in [-0.15, -0.1) is 0 Å². The zero-order valence-electron chi connectivity index (χ0n) is 19.0. The van der Waals surface area contributed by atoms with E-state index in [1.807, 2.05) is 31.2 Å². The highest BCUT2D eigenvalue weighted by atomic mass is 32.2. The highest BCUT2D eigenvalue weighted by molar-refractivity contribution is 7.92. The number of anilines is 1. The fourth-order valence-corrected chi connectivity index (χ4v) is 4.73. The van der Waals surface area contributed by atoms with Gasteiger partial charge in [0, 0.05) is 24.4 Å². The lowest BCUT2D eigenvalue weighted by molar-refractivity contribution is 0.0942. The quantitative estimate of drug-likeness (QED) is 0.408. The second-order valence-corrected chi connectivity index (χ2v) is 9.56. The topological polar surface area (TPSA) is 84.5 Å². The monoisotopic (exact) mass is 466 g/mol. The fourth-order valence-electron chi connectivity index (χ4n) is 3.35. The van der Waals surface area contributed by atoms with Crippen molar-refractivity contribution >= 4 is 21.6 Å². The van der Waals surface area contributed by atoms with Gasteiger partial charge in [-0.3, -0.25) is 9.52 Å². The molecule has 0 atom stereocenters. The van der Waals surface area contributed by atoms with E-state index in [0.29, 0.717) is 43.0 Å². The largest absolute Gasteiger partial charge is 0.381 e. The van der Waals surface area contributed by atoms with Crippen LogP contribution in [0.5, 0.6) is 0 Å². The molecule has 0 heterocycles. The average molecular weight is 467 g/mol. The van der Waals surface area contributed by atoms with Crippen molar-refractivity contribution in [3.8, 4) is 0 Å². The van der Waals surface area contributed by atoms with Crippen molar-refractivity contribution in [2.24, 2.45) is 0 Å². The summed E-state index contributed by atoms with van der Waals surface area (Å²) in [6, 6.07) is 21.9. The summed E-state index contributed by atoms with van der Waals surface area (Å²) >= 11 is 0. The zero-order valence-corrected chi connectivity index (χ0v) is 19.8. The Morgan fingerprint density at radius 2 is 1.70 bits per heavy atom. The molecule has 174 valence electrons. The third-order valence-corrected chi connectivity index (χ3v) is 6.66. The van der Waals surface area contributed by atoms with Gasteiger partial charge in [0.1, 0.15) is 0 Å². The molecule has 3 rings (SSSR count). The number of aryl methyl sites for hydroxylation is 2. The molecule has 7 heteroatoms. The van der Waals surface area contributed by atoms with Crippen molar-refractivity contribution in [2.75, 3.05) is 24.5 Å². The van der Waals surface area contributed by atoms with E-state index in [0.717, 1.165) is 12.0 Å². The Bertz CT molecular complexity index is 1180. The molecule has 0 unspecified atom stereocenters. The molecular weight excluding hydrogens is 436 g/mol. The Kier molecular flexibility index (Phi) is 8.63. The Morgan fingerprint density at radius 3 is 2.48 bits per heavy atom. The van der Waals surface area contributed by atoms with E-state index in [1.165, 1.54) is 11.6 Å².